The van der Waals surface area contributed by atoms with Gasteiger partial charge in [-0.15, -0.1) is 0 Å². The molecule has 1 atom stereocenters. The molecule has 2 nitrogen and oxygen atoms in total. The maximum atomic E-state index is 9.07. The number of aliphatic hydroxyl groups is 1. The predicted octanol–water partition coefficient (Wildman–Crippen LogP) is 2.55. The van der Waals surface area contributed by atoms with Gasteiger partial charge in [-0.25, -0.2) is 0 Å². The van der Waals surface area contributed by atoms with Crippen LogP contribution in [0.2, 0.25) is 0 Å². The van der Waals surface area contributed by atoms with Crippen molar-refractivity contribution in [2.45, 2.75) is 20.0 Å². The lowest BCUT2D eigenvalue weighted by Crippen LogP contribution is -2.15. The van der Waals surface area contributed by atoms with Crippen LogP contribution in [-0.2, 0) is 0 Å². The highest BCUT2D eigenvalue weighted by Crippen LogP contribution is 2.19. The van der Waals surface area contributed by atoms with Gasteiger partial charge in [0.1, 0.15) is 0 Å². The summed E-state index contributed by atoms with van der Waals surface area (Å²) in [7, 11) is 0. The van der Waals surface area contributed by atoms with Gasteiger partial charge >= 0.3 is 0 Å². The van der Waals surface area contributed by atoms with Crippen LogP contribution < -0.4 is 5.32 Å². The van der Waals surface area contributed by atoms with Crippen molar-refractivity contribution in [1.82, 2.24) is 0 Å². The first-order chi connectivity index (χ1) is 6.09. The lowest BCUT2D eigenvalue weighted by molar-refractivity contribution is 0.208. The fraction of sp³-hybridized carbons (Fsp3) is 0.400. The molecule has 1 aromatic rings. The molecule has 0 unspecified atom stereocenters. The zero-order chi connectivity index (χ0) is 9.84. The molecule has 72 valence electrons. The van der Waals surface area contributed by atoms with Crippen LogP contribution in [0.1, 0.15) is 12.5 Å². The monoisotopic (exact) mass is 243 g/mol. The molecule has 0 saturated carbocycles. The molecule has 0 radical (unpaired) electrons. The maximum absolute atomic E-state index is 9.07. The summed E-state index contributed by atoms with van der Waals surface area (Å²) in [6.45, 7) is 4.39. The SMILES string of the molecule is Cc1cc(NC[C@@H](C)O)ccc1Br. The molecule has 1 rings (SSSR count). The number of hydrogen-bond acceptors (Lipinski definition) is 2. The number of aryl methyl sites for hydroxylation is 1. The van der Waals surface area contributed by atoms with E-state index in [1.807, 2.05) is 25.1 Å². The largest absolute Gasteiger partial charge is 0.392 e. The molecule has 2 N–H and O–H groups in total. The van der Waals surface area contributed by atoms with Crippen LogP contribution in [0.25, 0.3) is 0 Å². The standard InChI is InChI=1S/C10H14BrNO/c1-7-5-9(3-4-10(7)11)12-6-8(2)13/h3-5,8,12-13H,6H2,1-2H3/t8-/m1/s1. The summed E-state index contributed by atoms with van der Waals surface area (Å²) in [6.07, 6.45) is -0.316. The van der Waals surface area contributed by atoms with Crippen LogP contribution in [-0.4, -0.2) is 17.8 Å². The Bertz CT molecular complexity index is 286. The number of nitrogens with one attached hydrogen (secondary N) is 1. The Morgan fingerprint density at radius 2 is 2.23 bits per heavy atom. The zero-order valence-corrected chi connectivity index (χ0v) is 9.43. The molecule has 0 saturated heterocycles. The highest BCUT2D eigenvalue weighted by Gasteiger charge is 1.98. The van der Waals surface area contributed by atoms with Gasteiger partial charge in [-0.3, -0.25) is 0 Å². The van der Waals surface area contributed by atoms with Crippen molar-refractivity contribution in [3.8, 4) is 0 Å². The Hall–Kier alpha value is -0.540. The summed E-state index contributed by atoms with van der Waals surface area (Å²) in [5.41, 5.74) is 2.23. The molecule has 3 heteroatoms. The van der Waals surface area contributed by atoms with E-state index in [2.05, 4.69) is 21.2 Å². The lowest BCUT2D eigenvalue weighted by atomic mass is 10.2. The number of hydrogen-bond donors (Lipinski definition) is 2. The third kappa shape index (κ3) is 3.36. The van der Waals surface area contributed by atoms with E-state index in [0.29, 0.717) is 6.54 Å². The van der Waals surface area contributed by atoms with Gasteiger partial charge in [-0.2, -0.15) is 0 Å². The first-order valence-electron chi connectivity index (χ1n) is 4.27. The molecular formula is C10H14BrNO. The molecule has 0 aliphatic heterocycles. The van der Waals surface area contributed by atoms with Crippen molar-refractivity contribution in [1.29, 1.82) is 0 Å². The number of rotatable bonds is 3. The number of halogens is 1. The number of anilines is 1. The second-order valence-electron chi connectivity index (χ2n) is 3.19. The van der Waals surface area contributed by atoms with Gasteiger partial charge in [0, 0.05) is 16.7 Å². The van der Waals surface area contributed by atoms with Crippen LogP contribution in [0.15, 0.2) is 22.7 Å². The van der Waals surface area contributed by atoms with Crippen LogP contribution in [0.3, 0.4) is 0 Å². The quantitative estimate of drug-likeness (QED) is 0.856. The number of aliphatic hydroxyl groups excluding tert-OH is 1. The topological polar surface area (TPSA) is 32.3 Å². The summed E-state index contributed by atoms with van der Waals surface area (Å²) in [6, 6.07) is 6.03. The molecule has 0 aliphatic rings. The van der Waals surface area contributed by atoms with E-state index in [1.54, 1.807) is 6.92 Å². The zero-order valence-electron chi connectivity index (χ0n) is 7.84. The Morgan fingerprint density at radius 1 is 1.54 bits per heavy atom. The molecular weight excluding hydrogens is 230 g/mol. The molecule has 0 aliphatic carbocycles. The summed E-state index contributed by atoms with van der Waals surface area (Å²) < 4.78 is 1.11. The first-order valence-corrected chi connectivity index (χ1v) is 5.07. The molecule has 0 amide bonds. The minimum atomic E-state index is -0.316. The second-order valence-corrected chi connectivity index (χ2v) is 4.05. The van der Waals surface area contributed by atoms with E-state index < -0.39 is 0 Å². The van der Waals surface area contributed by atoms with Crippen molar-refractivity contribution in [2.24, 2.45) is 0 Å². The summed E-state index contributed by atoms with van der Waals surface area (Å²) in [4.78, 5) is 0. The number of benzene rings is 1. The predicted molar refractivity (Wildman–Crippen MR) is 59.0 cm³/mol. The molecule has 0 bridgehead atoms. The Labute approximate surface area is 87.1 Å². The van der Waals surface area contributed by atoms with Crippen LogP contribution in [0, 0.1) is 6.92 Å². The lowest BCUT2D eigenvalue weighted by Gasteiger charge is -2.09. The van der Waals surface area contributed by atoms with Gasteiger partial charge in [0.05, 0.1) is 6.10 Å². The van der Waals surface area contributed by atoms with Gasteiger partial charge in [0.25, 0.3) is 0 Å². The van der Waals surface area contributed by atoms with E-state index >= 15 is 0 Å². The van der Waals surface area contributed by atoms with E-state index in [-0.39, 0.29) is 6.10 Å². The Balaban J connectivity index is 2.63. The molecule has 0 fully saturated rings. The third-order valence-electron chi connectivity index (χ3n) is 1.76. The Kier molecular flexibility index (Phi) is 3.75. The third-order valence-corrected chi connectivity index (χ3v) is 2.65. The van der Waals surface area contributed by atoms with Crippen molar-refractivity contribution in [3.63, 3.8) is 0 Å². The molecule has 0 heterocycles. The smallest absolute Gasteiger partial charge is 0.0684 e. The van der Waals surface area contributed by atoms with Gasteiger partial charge < -0.3 is 10.4 Å². The summed E-state index contributed by atoms with van der Waals surface area (Å²) in [5, 5.41) is 12.2. The average molecular weight is 244 g/mol. The van der Waals surface area contributed by atoms with Crippen molar-refractivity contribution < 1.29 is 5.11 Å². The van der Waals surface area contributed by atoms with Crippen LogP contribution in [0.5, 0.6) is 0 Å². The van der Waals surface area contributed by atoms with E-state index in [0.717, 1.165) is 10.2 Å². The highest BCUT2D eigenvalue weighted by atomic mass is 79.9. The van der Waals surface area contributed by atoms with Crippen molar-refractivity contribution in [2.75, 3.05) is 11.9 Å². The van der Waals surface area contributed by atoms with E-state index in [4.69, 9.17) is 5.11 Å². The molecule has 1 aromatic carbocycles. The van der Waals surface area contributed by atoms with Gasteiger partial charge in [-0.05, 0) is 37.6 Å². The van der Waals surface area contributed by atoms with Gasteiger partial charge in [0.2, 0.25) is 0 Å². The first kappa shape index (κ1) is 10.5. The van der Waals surface area contributed by atoms with E-state index in [1.165, 1.54) is 5.56 Å². The van der Waals surface area contributed by atoms with E-state index in [9.17, 15) is 0 Å². The molecule has 13 heavy (non-hydrogen) atoms. The van der Waals surface area contributed by atoms with Crippen molar-refractivity contribution >= 4 is 21.6 Å². The van der Waals surface area contributed by atoms with Gasteiger partial charge in [0.15, 0.2) is 0 Å². The minimum absolute atomic E-state index is 0.316. The van der Waals surface area contributed by atoms with Crippen molar-refractivity contribution in [3.05, 3.63) is 28.2 Å². The highest BCUT2D eigenvalue weighted by molar-refractivity contribution is 9.10. The second kappa shape index (κ2) is 4.63. The fourth-order valence-electron chi connectivity index (χ4n) is 1.02. The van der Waals surface area contributed by atoms with Crippen LogP contribution in [0.4, 0.5) is 5.69 Å². The normalized spacial score (nSPS) is 12.6. The maximum Gasteiger partial charge on any atom is 0.0684 e. The fourth-order valence-corrected chi connectivity index (χ4v) is 1.27. The molecule has 0 aromatic heterocycles. The Morgan fingerprint density at radius 3 is 2.77 bits per heavy atom. The minimum Gasteiger partial charge on any atom is -0.392 e. The molecule has 0 spiro atoms. The van der Waals surface area contributed by atoms with Crippen LogP contribution >= 0.6 is 15.9 Å². The van der Waals surface area contributed by atoms with Gasteiger partial charge in [-0.1, -0.05) is 15.9 Å². The summed E-state index contributed by atoms with van der Waals surface area (Å²) in [5.74, 6) is 0. The summed E-state index contributed by atoms with van der Waals surface area (Å²) >= 11 is 3.43. The average Bonchev–Trinajstić information content (AvgIpc) is 2.07.